The molecule has 86 valence electrons. The van der Waals surface area contributed by atoms with Gasteiger partial charge in [0, 0.05) is 10.9 Å². The molecule has 0 N–H and O–H groups in total. The molecule has 2 nitrogen and oxygen atoms in total. The Morgan fingerprint density at radius 3 is 2.82 bits per heavy atom. The molecule has 1 aromatic carbocycles. The summed E-state index contributed by atoms with van der Waals surface area (Å²) in [7, 11) is 0. The molecule has 0 atom stereocenters. The minimum absolute atomic E-state index is 0.581. The monoisotopic (exact) mass is 224 g/mol. The van der Waals surface area contributed by atoms with E-state index in [4.69, 9.17) is 6.42 Å². The Morgan fingerprint density at radius 2 is 2.06 bits per heavy atom. The summed E-state index contributed by atoms with van der Waals surface area (Å²) in [6.45, 7) is 0. The number of hydrogen-bond acceptors (Lipinski definition) is 1. The van der Waals surface area contributed by atoms with Crippen molar-refractivity contribution in [3.8, 4) is 12.3 Å². The van der Waals surface area contributed by atoms with Gasteiger partial charge in [-0.1, -0.05) is 25.2 Å². The van der Waals surface area contributed by atoms with E-state index in [-0.39, 0.29) is 0 Å². The second-order valence-corrected chi connectivity index (χ2v) is 4.80. The molecule has 1 aromatic heterocycles. The molecule has 3 rings (SSSR count). The van der Waals surface area contributed by atoms with Gasteiger partial charge in [0.15, 0.2) is 0 Å². The Bertz CT molecular complexity index is 568. The standard InChI is InChI=1S/C15H16N2/c1-2-12-8-9-15-13(10-12)11-16-17(15)14-6-4-3-5-7-14/h1,8-11,14H,3-7H2. The Morgan fingerprint density at radius 1 is 1.24 bits per heavy atom. The lowest BCUT2D eigenvalue weighted by Gasteiger charge is -2.22. The van der Waals surface area contributed by atoms with Gasteiger partial charge in [-0.3, -0.25) is 4.68 Å². The molecule has 0 unspecified atom stereocenters. The van der Waals surface area contributed by atoms with E-state index in [1.165, 1.54) is 37.6 Å². The average molecular weight is 224 g/mol. The average Bonchev–Trinajstić information content (AvgIpc) is 2.82. The van der Waals surface area contributed by atoms with Crippen LogP contribution in [0.3, 0.4) is 0 Å². The van der Waals surface area contributed by atoms with Crippen molar-refractivity contribution >= 4 is 10.9 Å². The lowest BCUT2D eigenvalue weighted by Crippen LogP contribution is -2.13. The zero-order valence-corrected chi connectivity index (χ0v) is 9.89. The van der Waals surface area contributed by atoms with Crippen LogP contribution < -0.4 is 0 Å². The minimum Gasteiger partial charge on any atom is -0.262 e. The van der Waals surface area contributed by atoms with Gasteiger partial charge < -0.3 is 0 Å². The molecule has 1 heterocycles. The van der Waals surface area contributed by atoms with E-state index in [1.807, 2.05) is 18.3 Å². The van der Waals surface area contributed by atoms with Crippen LogP contribution in [0.15, 0.2) is 24.4 Å². The molecule has 0 aliphatic heterocycles. The largest absolute Gasteiger partial charge is 0.262 e. The van der Waals surface area contributed by atoms with Crippen LogP contribution in [0, 0.1) is 12.3 Å². The highest BCUT2D eigenvalue weighted by Crippen LogP contribution is 2.30. The van der Waals surface area contributed by atoms with Crippen LogP contribution in [0.2, 0.25) is 0 Å². The van der Waals surface area contributed by atoms with E-state index in [1.54, 1.807) is 0 Å². The fraction of sp³-hybridized carbons (Fsp3) is 0.400. The lowest BCUT2D eigenvalue weighted by molar-refractivity contribution is 0.337. The molecule has 1 aliphatic rings. The van der Waals surface area contributed by atoms with Crippen LogP contribution in [-0.2, 0) is 0 Å². The van der Waals surface area contributed by atoms with Crippen molar-refractivity contribution in [2.24, 2.45) is 0 Å². The summed E-state index contributed by atoms with van der Waals surface area (Å²) in [5.74, 6) is 2.67. The molecule has 2 aromatic rings. The molecule has 17 heavy (non-hydrogen) atoms. The zero-order valence-electron chi connectivity index (χ0n) is 9.89. The van der Waals surface area contributed by atoms with E-state index in [0.717, 1.165) is 10.9 Å². The number of rotatable bonds is 1. The predicted molar refractivity (Wildman–Crippen MR) is 69.8 cm³/mol. The molecular formula is C15H16N2. The maximum Gasteiger partial charge on any atom is 0.0686 e. The summed E-state index contributed by atoms with van der Waals surface area (Å²) in [5, 5.41) is 5.70. The van der Waals surface area contributed by atoms with Gasteiger partial charge in [-0.25, -0.2) is 0 Å². The Labute approximate surface area is 102 Å². The van der Waals surface area contributed by atoms with Crippen LogP contribution >= 0.6 is 0 Å². The van der Waals surface area contributed by atoms with Gasteiger partial charge in [0.05, 0.1) is 17.8 Å². The summed E-state index contributed by atoms with van der Waals surface area (Å²) >= 11 is 0. The SMILES string of the molecule is C#Cc1ccc2c(cnn2C2CCCCC2)c1. The number of fused-ring (bicyclic) bond motifs is 1. The number of benzene rings is 1. The second-order valence-electron chi connectivity index (χ2n) is 4.80. The molecule has 1 fully saturated rings. The van der Waals surface area contributed by atoms with Crippen LogP contribution in [0.5, 0.6) is 0 Å². The van der Waals surface area contributed by atoms with E-state index >= 15 is 0 Å². The molecule has 0 bridgehead atoms. The van der Waals surface area contributed by atoms with Crippen molar-refractivity contribution in [1.29, 1.82) is 0 Å². The van der Waals surface area contributed by atoms with E-state index in [9.17, 15) is 0 Å². The van der Waals surface area contributed by atoms with Crippen molar-refractivity contribution < 1.29 is 0 Å². The van der Waals surface area contributed by atoms with Crippen LogP contribution in [0.1, 0.15) is 43.7 Å². The van der Waals surface area contributed by atoms with Crippen molar-refractivity contribution in [3.05, 3.63) is 30.0 Å². The number of aromatic nitrogens is 2. The third-order valence-electron chi connectivity index (χ3n) is 3.68. The van der Waals surface area contributed by atoms with Gasteiger partial charge in [-0.15, -0.1) is 6.42 Å². The van der Waals surface area contributed by atoms with Gasteiger partial charge in [0.2, 0.25) is 0 Å². The third kappa shape index (κ3) is 1.82. The molecule has 0 spiro atoms. The predicted octanol–water partition coefficient (Wildman–Crippen LogP) is 3.52. The van der Waals surface area contributed by atoms with Crippen molar-refractivity contribution in [2.45, 2.75) is 38.1 Å². The number of nitrogens with zero attached hydrogens (tertiary/aromatic N) is 2. The molecule has 1 aliphatic carbocycles. The highest BCUT2D eigenvalue weighted by molar-refractivity contribution is 5.80. The first-order valence-corrected chi connectivity index (χ1v) is 6.32. The highest BCUT2D eigenvalue weighted by Gasteiger charge is 2.17. The maximum atomic E-state index is 5.41. The third-order valence-corrected chi connectivity index (χ3v) is 3.68. The quantitative estimate of drug-likeness (QED) is 0.678. The van der Waals surface area contributed by atoms with Crippen LogP contribution in [-0.4, -0.2) is 9.78 Å². The molecule has 0 saturated heterocycles. The minimum atomic E-state index is 0.581. The van der Waals surface area contributed by atoms with Crippen LogP contribution in [0.4, 0.5) is 0 Å². The van der Waals surface area contributed by atoms with Gasteiger partial charge >= 0.3 is 0 Å². The fourth-order valence-electron chi connectivity index (χ4n) is 2.76. The topological polar surface area (TPSA) is 17.8 Å². The summed E-state index contributed by atoms with van der Waals surface area (Å²) in [6.07, 6.45) is 13.9. The first-order chi connectivity index (χ1) is 8.38. The lowest BCUT2D eigenvalue weighted by atomic mass is 9.95. The van der Waals surface area contributed by atoms with Gasteiger partial charge in [-0.2, -0.15) is 5.10 Å². The van der Waals surface area contributed by atoms with Gasteiger partial charge in [0.1, 0.15) is 0 Å². The Hall–Kier alpha value is -1.75. The summed E-state index contributed by atoms with van der Waals surface area (Å²) < 4.78 is 2.19. The molecular weight excluding hydrogens is 208 g/mol. The highest BCUT2D eigenvalue weighted by atomic mass is 15.3. The summed E-state index contributed by atoms with van der Waals surface area (Å²) in [5.41, 5.74) is 2.15. The van der Waals surface area contributed by atoms with E-state index < -0.39 is 0 Å². The Balaban J connectivity index is 2.03. The maximum absolute atomic E-state index is 5.41. The van der Waals surface area contributed by atoms with Gasteiger partial charge in [0.25, 0.3) is 0 Å². The Kier molecular flexibility index (Phi) is 2.60. The van der Waals surface area contributed by atoms with Crippen molar-refractivity contribution in [2.75, 3.05) is 0 Å². The zero-order chi connectivity index (χ0) is 11.7. The van der Waals surface area contributed by atoms with Crippen molar-refractivity contribution in [1.82, 2.24) is 9.78 Å². The first-order valence-electron chi connectivity index (χ1n) is 6.32. The smallest absolute Gasteiger partial charge is 0.0686 e. The number of hydrogen-bond donors (Lipinski definition) is 0. The van der Waals surface area contributed by atoms with E-state index in [2.05, 4.69) is 21.8 Å². The van der Waals surface area contributed by atoms with E-state index in [0.29, 0.717) is 6.04 Å². The molecule has 2 heteroatoms. The van der Waals surface area contributed by atoms with Gasteiger partial charge in [-0.05, 0) is 31.0 Å². The first kappa shape index (κ1) is 10.4. The number of terminal acetylenes is 1. The molecule has 1 saturated carbocycles. The second kappa shape index (κ2) is 4.25. The molecule has 0 radical (unpaired) electrons. The van der Waals surface area contributed by atoms with Crippen molar-refractivity contribution in [3.63, 3.8) is 0 Å². The summed E-state index contributed by atoms with van der Waals surface area (Å²) in [4.78, 5) is 0. The fourth-order valence-corrected chi connectivity index (χ4v) is 2.76. The normalized spacial score (nSPS) is 17.1. The summed E-state index contributed by atoms with van der Waals surface area (Å²) in [6, 6.07) is 6.73. The molecule has 0 amide bonds. The van der Waals surface area contributed by atoms with Crippen LogP contribution in [0.25, 0.3) is 10.9 Å².